The Morgan fingerprint density at radius 3 is 2.24 bits per heavy atom. The van der Waals surface area contributed by atoms with Crippen LogP contribution in [-0.2, 0) is 30.4 Å². The Morgan fingerprint density at radius 1 is 0.946 bits per heavy atom. The lowest BCUT2D eigenvalue weighted by atomic mass is 10.1. The maximum Gasteiger partial charge on any atom is 0.310 e. The molecule has 3 aromatic rings. The van der Waals surface area contributed by atoms with Gasteiger partial charge in [-0.25, -0.2) is 0 Å². The lowest BCUT2D eigenvalue weighted by Crippen LogP contribution is -2.29. The van der Waals surface area contributed by atoms with E-state index in [1.54, 1.807) is 18.2 Å². The van der Waals surface area contributed by atoms with Gasteiger partial charge in [0.05, 0.1) is 10.8 Å². The normalized spacial score (nSPS) is 19.3. The molecule has 3 atom stereocenters. The predicted molar refractivity (Wildman–Crippen MR) is 142 cm³/mol. The molecule has 0 aliphatic heterocycles. The van der Waals surface area contributed by atoms with E-state index in [0.29, 0.717) is 11.5 Å². The Bertz CT molecular complexity index is 1340. The molecular formula is C28H28Cl2O6S. The smallest absolute Gasteiger partial charge is 0.310 e. The lowest BCUT2D eigenvalue weighted by molar-refractivity contribution is -0.147. The SMILES string of the molecule is Cc1ccc(S(=O)(=O)OC(C(Cl)Cl)C2C(C(=O)OCc3cccc(Oc4ccccc4)c3)C2(C)C)cc1. The highest BCUT2D eigenvalue weighted by Crippen LogP contribution is 2.62. The summed E-state index contributed by atoms with van der Waals surface area (Å²) in [7, 11) is -4.15. The molecule has 37 heavy (non-hydrogen) atoms. The van der Waals surface area contributed by atoms with Gasteiger partial charge in [0.15, 0.2) is 0 Å². The van der Waals surface area contributed by atoms with Gasteiger partial charge in [0.25, 0.3) is 10.1 Å². The van der Waals surface area contributed by atoms with E-state index in [9.17, 15) is 13.2 Å². The van der Waals surface area contributed by atoms with Crippen LogP contribution in [0.1, 0.15) is 25.0 Å². The zero-order valence-corrected chi connectivity index (χ0v) is 23.0. The van der Waals surface area contributed by atoms with Crippen molar-refractivity contribution in [3.8, 4) is 11.5 Å². The van der Waals surface area contributed by atoms with Gasteiger partial charge in [-0.1, -0.05) is 61.9 Å². The van der Waals surface area contributed by atoms with Crippen molar-refractivity contribution in [2.24, 2.45) is 17.3 Å². The molecule has 0 bridgehead atoms. The highest BCUT2D eigenvalue weighted by atomic mass is 35.5. The van der Waals surface area contributed by atoms with E-state index in [1.165, 1.54) is 12.1 Å². The molecule has 0 heterocycles. The first-order valence-corrected chi connectivity index (χ1v) is 14.0. The monoisotopic (exact) mass is 562 g/mol. The fraction of sp³-hybridized carbons (Fsp3) is 0.321. The summed E-state index contributed by atoms with van der Waals surface area (Å²) in [6.07, 6.45) is -1.12. The van der Waals surface area contributed by atoms with Crippen LogP contribution in [0.25, 0.3) is 0 Å². The van der Waals surface area contributed by atoms with Crippen LogP contribution in [0.3, 0.4) is 0 Å². The Morgan fingerprint density at radius 2 is 1.59 bits per heavy atom. The third-order valence-electron chi connectivity index (χ3n) is 6.57. The zero-order chi connectivity index (χ0) is 26.8. The van der Waals surface area contributed by atoms with Gasteiger partial charge < -0.3 is 9.47 Å². The summed E-state index contributed by atoms with van der Waals surface area (Å²) in [5.41, 5.74) is 1.04. The van der Waals surface area contributed by atoms with Crippen molar-refractivity contribution in [1.82, 2.24) is 0 Å². The van der Waals surface area contributed by atoms with E-state index >= 15 is 0 Å². The quantitative estimate of drug-likeness (QED) is 0.156. The standard InChI is InChI=1S/C28H28Cl2O6S/c1-18-12-14-22(15-13-18)37(32,33)36-25(26(29)30)23-24(28(23,2)3)27(31)34-17-19-8-7-11-21(16-19)35-20-9-5-4-6-10-20/h4-16,23-26H,17H2,1-3H3. The maximum absolute atomic E-state index is 13.0. The minimum Gasteiger partial charge on any atom is -0.461 e. The van der Waals surface area contributed by atoms with Crippen molar-refractivity contribution in [3.63, 3.8) is 0 Å². The first-order valence-electron chi connectivity index (χ1n) is 11.8. The molecule has 1 aliphatic rings. The molecule has 9 heteroatoms. The molecule has 0 saturated heterocycles. The molecule has 1 fully saturated rings. The first-order chi connectivity index (χ1) is 17.5. The van der Waals surface area contributed by atoms with Crippen molar-refractivity contribution in [2.75, 3.05) is 0 Å². The summed E-state index contributed by atoms with van der Waals surface area (Å²) in [6.45, 7) is 5.55. The number of ether oxygens (including phenoxy) is 2. The highest BCUT2D eigenvalue weighted by Gasteiger charge is 2.67. The fourth-order valence-electron chi connectivity index (χ4n) is 4.47. The second-order valence-electron chi connectivity index (χ2n) is 9.66. The summed E-state index contributed by atoms with van der Waals surface area (Å²) in [5.74, 6) is -0.337. The minimum absolute atomic E-state index is 0.00716. The van der Waals surface area contributed by atoms with E-state index in [-0.39, 0.29) is 11.5 Å². The molecule has 0 radical (unpaired) electrons. The second kappa shape index (κ2) is 11.0. The number of benzene rings is 3. The van der Waals surface area contributed by atoms with E-state index in [0.717, 1.165) is 11.1 Å². The van der Waals surface area contributed by atoms with Gasteiger partial charge in [-0.15, -0.1) is 23.2 Å². The van der Waals surface area contributed by atoms with Crippen LogP contribution in [0.4, 0.5) is 0 Å². The lowest BCUT2D eigenvalue weighted by Gasteiger charge is -2.20. The highest BCUT2D eigenvalue weighted by molar-refractivity contribution is 7.86. The van der Waals surface area contributed by atoms with E-state index in [4.69, 9.17) is 36.9 Å². The predicted octanol–water partition coefficient (Wildman–Crippen LogP) is 6.68. The van der Waals surface area contributed by atoms with Crippen molar-refractivity contribution < 1.29 is 26.9 Å². The Hall–Kier alpha value is -2.58. The summed E-state index contributed by atoms with van der Waals surface area (Å²) >= 11 is 12.3. The van der Waals surface area contributed by atoms with Crippen LogP contribution >= 0.6 is 23.2 Å². The van der Waals surface area contributed by atoms with Crippen LogP contribution < -0.4 is 4.74 Å². The Balaban J connectivity index is 1.42. The molecular weight excluding hydrogens is 535 g/mol. The number of aryl methyl sites for hydroxylation is 1. The molecule has 0 aromatic heterocycles. The number of para-hydroxylation sites is 1. The second-order valence-corrected chi connectivity index (χ2v) is 12.4. The number of alkyl halides is 2. The minimum atomic E-state index is -4.15. The van der Waals surface area contributed by atoms with E-state index in [1.807, 2.05) is 69.3 Å². The van der Waals surface area contributed by atoms with Crippen LogP contribution in [-0.4, -0.2) is 25.3 Å². The van der Waals surface area contributed by atoms with Crippen molar-refractivity contribution in [2.45, 2.75) is 43.2 Å². The summed E-state index contributed by atoms with van der Waals surface area (Å²) in [6, 6.07) is 22.9. The van der Waals surface area contributed by atoms with Gasteiger partial charge in [-0.3, -0.25) is 8.98 Å². The van der Waals surface area contributed by atoms with Crippen molar-refractivity contribution >= 4 is 39.3 Å². The van der Waals surface area contributed by atoms with Gasteiger partial charge >= 0.3 is 5.97 Å². The molecule has 1 saturated carbocycles. The molecule has 3 aromatic carbocycles. The largest absolute Gasteiger partial charge is 0.461 e. The third kappa shape index (κ3) is 6.47. The van der Waals surface area contributed by atoms with E-state index in [2.05, 4.69) is 0 Å². The molecule has 1 aliphatic carbocycles. The van der Waals surface area contributed by atoms with E-state index < -0.39 is 44.3 Å². The van der Waals surface area contributed by atoms with Gasteiger partial charge in [0.2, 0.25) is 0 Å². The number of hydrogen-bond acceptors (Lipinski definition) is 6. The molecule has 196 valence electrons. The Kier molecular flexibility index (Phi) is 8.19. The van der Waals surface area contributed by atoms with Gasteiger partial charge in [-0.2, -0.15) is 8.42 Å². The first kappa shape index (κ1) is 27.5. The van der Waals surface area contributed by atoms with Crippen LogP contribution in [0, 0.1) is 24.2 Å². The summed E-state index contributed by atoms with van der Waals surface area (Å²) < 4.78 is 42.7. The van der Waals surface area contributed by atoms with Crippen LogP contribution in [0.15, 0.2) is 83.8 Å². The van der Waals surface area contributed by atoms with Crippen LogP contribution in [0.5, 0.6) is 11.5 Å². The maximum atomic E-state index is 13.0. The number of hydrogen-bond donors (Lipinski definition) is 0. The Labute approximate surface area is 227 Å². The van der Waals surface area contributed by atoms with Gasteiger partial charge in [0, 0.05) is 5.92 Å². The van der Waals surface area contributed by atoms with Gasteiger partial charge in [-0.05, 0) is 54.3 Å². The molecule has 0 spiro atoms. The third-order valence-corrected chi connectivity index (χ3v) is 8.39. The van der Waals surface area contributed by atoms with Crippen molar-refractivity contribution in [3.05, 3.63) is 90.0 Å². The number of carbonyl (C=O) groups excluding carboxylic acids is 1. The average molecular weight is 563 g/mol. The number of carbonyl (C=O) groups is 1. The van der Waals surface area contributed by atoms with Crippen LogP contribution in [0.2, 0.25) is 0 Å². The molecule has 0 amide bonds. The van der Waals surface area contributed by atoms with Gasteiger partial charge in [0.1, 0.15) is 29.0 Å². The molecule has 4 rings (SSSR count). The number of halogens is 2. The van der Waals surface area contributed by atoms with Crippen molar-refractivity contribution in [1.29, 1.82) is 0 Å². The topological polar surface area (TPSA) is 78.9 Å². The fourth-order valence-corrected chi connectivity index (χ4v) is 6.12. The molecule has 0 N–H and O–H groups in total. The number of esters is 1. The summed E-state index contributed by atoms with van der Waals surface area (Å²) in [4.78, 5) is 11.9. The number of rotatable bonds is 10. The average Bonchev–Trinajstić information content (AvgIpc) is 3.43. The summed E-state index contributed by atoms with van der Waals surface area (Å²) in [5, 5.41) is 0. The molecule has 6 nitrogen and oxygen atoms in total. The zero-order valence-electron chi connectivity index (χ0n) is 20.6. The molecule has 3 unspecified atom stereocenters.